The molecule has 0 N–H and O–H groups in total. The molecule has 6 heteroatoms. The van der Waals surface area contributed by atoms with E-state index in [1.165, 1.54) is 6.26 Å². The van der Waals surface area contributed by atoms with Crippen molar-refractivity contribution in [1.29, 1.82) is 0 Å². The summed E-state index contributed by atoms with van der Waals surface area (Å²) in [6.45, 7) is 3.69. The van der Waals surface area contributed by atoms with Crippen LogP contribution in [0.1, 0.15) is 43.2 Å². The Morgan fingerprint density at radius 3 is 2.00 bits per heavy atom. The van der Waals surface area contributed by atoms with Gasteiger partial charge in [-0.15, -0.1) is 3.77 Å². The summed E-state index contributed by atoms with van der Waals surface area (Å²) in [7, 11) is -6.59. The van der Waals surface area contributed by atoms with E-state index in [0.717, 1.165) is 43.2 Å². The molecule has 0 bridgehead atoms. The molecule has 1 atom stereocenters. The maximum Gasteiger partial charge on any atom is 0.290 e. The molecule has 21 heavy (non-hydrogen) atoms. The molecule has 1 aliphatic carbocycles. The van der Waals surface area contributed by atoms with Gasteiger partial charge in [-0.25, -0.2) is 4.21 Å². The third-order valence-electron chi connectivity index (χ3n) is 3.91. The summed E-state index contributed by atoms with van der Waals surface area (Å²) in [6.07, 6.45) is 6.25. The van der Waals surface area contributed by atoms with Crippen molar-refractivity contribution in [3.05, 3.63) is 29.3 Å². The topological polar surface area (TPSA) is 63.6 Å². The summed E-state index contributed by atoms with van der Waals surface area (Å²) in [4.78, 5) is 0.144. The Bertz CT molecular complexity index is 718. The Morgan fingerprint density at radius 2 is 1.48 bits per heavy atom. The van der Waals surface area contributed by atoms with Gasteiger partial charge in [-0.2, -0.15) is 8.42 Å². The van der Waals surface area contributed by atoms with Gasteiger partial charge in [-0.05, 0) is 49.9 Å². The van der Waals surface area contributed by atoms with Crippen LogP contribution in [0, 0.1) is 13.8 Å². The second-order valence-electron chi connectivity index (χ2n) is 5.99. The third kappa shape index (κ3) is 4.07. The van der Waals surface area contributed by atoms with Gasteiger partial charge in [-0.1, -0.05) is 25.3 Å². The average molecular weight is 329 g/mol. The van der Waals surface area contributed by atoms with Crippen LogP contribution >= 0.6 is 0 Å². The highest BCUT2D eigenvalue weighted by atomic mass is 32.3. The highest BCUT2D eigenvalue weighted by molar-refractivity contribution is 8.03. The Hall–Kier alpha value is -0.880. The molecular formula is C15H23NO3S2. The van der Waals surface area contributed by atoms with Crippen LogP contribution in [0.15, 0.2) is 26.9 Å². The smallest absolute Gasteiger partial charge is 0.249 e. The monoisotopic (exact) mass is 329 g/mol. The van der Waals surface area contributed by atoms with Crippen molar-refractivity contribution in [2.75, 3.05) is 6.26 Å². The highest BCUT2D eigenvalue weighted by Gasteiger charge is 2.25. The van der Waals surface area contributed by atoms with E-state index < -0.39 is 19.8 Å². The van der Waals surface area contributed by atoms with Crippen molar-refractivity contribution in [1.82, 2.24) is 0 Å². The van der Waals surface area contributed by atoms with Crippen molar-refractivity contribution in [2.45, 2.75) is 56.1 Å². The van der Waals surface area contributed by atoms with Crippen LogP contribution in [0.4, 0.5) is 0 Å². The summed E-state index contributed by atoms with van der Waals surface area (Å²) < 4.78 is 41.5. The van der Waals surface area contributed by atoms with E-state index in [2.05, 4.69) is 3.77 Å². The fourth-order valence-corrected chi connectivity index (χ4v) is 7.15. The van der Waals surface area contributed by atoms with E-state index in [0.29, 0.717) is 0 Å². The lowest BCUT2D eigenvalue weighted by molar-refractivity contribution is 0.503. The zero-order valence-corrected chi connectivity index (χ0v) is 14.5. The predicted molar refractivity (Wildman–Crippen MR) is 86.5 cm³/mol. The zero-order chi connectivity index (χ0) is 15.7. The summed E-state index contributed by atoms with van der Waals surface area (Å²) in [5, 5.41) is -0.105. The van der Waals surface area contributed by atoms with Gasteiger partial charge >= 0.3 is 0 Å². The fraction of sp³-hybridized carbons (Fsp3) is 0.600. The van der Waals surface area contributed by atoms with E-state index in [9.17, 15) is 12.6 Å². The second kappa shape index (κ2) is 6.08. The van der Waals surface area contributed by atoms with E-state index in [4.69, 9.17) is 0 Å². The minimum absolute atomic E-state index is 0.105. The average Bonchev–Trinajstić information content (AvgIpc) is 2.37. The number of benzene rings is 1. The van der Waals surface area contributed by atoms with Crippen LogP contribution in [0.2, 0.25) is 0 Å². The molecule has 1 aliphatic rings. The van der Waals surface area contributed by atoms with Crippen LogP contribution in [0.25, 0.3) is 0 Å². The predicted octanol–water partition coefficient (Wildman–Crippen LogP) is 3.42. The number of hydrogen-bond acceptors (Lipinski definition) is 3. The molecule has 0 saturated heterocycles. The van der Waals surface area contributed by atoms with Crippen molar-refractivity contribution in [2.24, 2.45) is 3.77 Å². The van der Waals surface area contributed by atoms with E-state index in [-0.39, 0.29) is 10.1 Å². The molecule has 2 rings (SSSR count). The Balaban J connectivity index is 2.43. The van der Waals surface area contributed by atoms with E-state index in [1.807, 2.05) is 19.9 Å². The van der Waals surface area contributed by atoms with Gasteiger partial charge < -0.3 is 0 Å². The number of rotatable bonds is 3. The van der Waals surface area contributed by atoms with Gasteiger partial charge in [-0.3, -0.25) is 0 Å². The first-order valence-corrected chi connectivity index (χ1v) is 10.7. The van der Waals surface area contributed by atoms with Crippen molar-refractivity contribution in [3.8, 4) is 0 Å². The molecule has 1 unspecified atom stereocenters. The maximum atomic E-state index is 12.8. The molecule has 0 radical (unpaired) electrons. The van der Waals surface area contributed by atoms with Gasteiger partial charge in [0.15, 0.2) is 0 Å². The Morgan fingerprint density at radius 1 is 0.952 bits per heavy atom. The number of nitrogens with zero attached hydrogens (tertiary/aromatic N) is 1. The van der Waals surface area contributed by atoms with Gasteiger partial charge in [0.25, 0.3) is 10.0 Å². The normalized spacial score (nSPS) is 20.0. The quantitative estimate of drug-likeness (QED) is 0.853. The molecule has 0 spiro atoms. The molecule has 4 nitrogen and oxygen atoms in total. The van der Waals surface area contributed by atoms with Crippen molar-refractivity contribution < 1.29 is 12.6 Å². The number of aryl methyl sites for hydroxylation is 2. The van der Waals surface area contributed by atoms with Crippen LogP contribution in [-0.2, 0) is 19.8 Å². The van der Waals surface area contributed by atoms with Crippen molar-refractivity contribution >= 4 is 19.8 Å². The first-order chi connectivity index (χ1) is 9.71. The lowest BCUT2D eigenvalue weighted by atomic mass is 10.0. The number of sulfonamides is 1. The third-order valence-corrected chi connectivity index (χ3v) is 8.42. The zero-order valence-electron chi connectivity index (χ0n) is 12.8. The molecule has 0 heterocycles. The molecule has 1 aromatic rings. The van der Waals surface area contributed by atoms with Crippen LogP contribution in [-0.4, -0.2) is 24.1 Å². The molecular weight excluding hydrogens is 306 g/mol. The fourth-order valence-electron chi connectivity index (χ4n) is 2.88. The Labute approximate surface area is 128 Å². The molecule has 0 aromatic heterocycles. The van der Waals surface area contributed by atoms with Crippen LogP contribution in [0.3, 0.4) is 0 Å². The summed E-state index contributed by atoms with van der Waals surface area (Å²) >= 11 is 0. The van der Waals surface area contributed by atoms with Crippen LogP contribution < -0.4 is 0 Å². The summed E-state index contributed by atoms with van der Waals surface area (Å²) in [6, 6.07) is 5.08. The molecule has 0 aliphatic heterocycles. The minimum Gasteiger partial charge on any atom is -0.249 e. The highest BCUT2D eigenvalue weighted by Crippen LogP contribution is 2.26. The molecule has 1 aromatic carbocycles. The molecule has 1 fully saturated rings. The Kier molecular flexibility index (Phi) is 4.78. The lowest BCUT2D eigenvalue weighted by Crippen LogP contribution is -2.23. The standard InChI is InChI=1S/C15H23NO3S2/c1-12-9-13(2)11-15(10-12)21(18,19)16-20(3,17)14-7-5-4-6-8-14/h9-11,14H,4-8H2,1-3H3. The summed E-state index contributed by atoms with van der Waals surface area (Å²) in [5.74, 6) is 0. The van der Waals surface area contributed by atoms with Gasteiger partial charge in [0.1, 0.15) is 0 Å². The maximum absolute atomic E-state index is 12.8. The van der Waals surface area contributed by atoms with Gasteiger partial charge in [0, 0.05) is 11.5 Å². The SMILES string of the molecule is Cc1cc(C)cc(S(=O)(=O)N=S(C)(=O)C2CCCCC2)c1. The van der Waals surface area contributed by atoms with Gasteiger partial charge in [0.2, 0.25) is 0 Å². The first-order valence-electron chi connectivity index (χ1n) is 7.26. The minimum atomic E-state index is -3.86. The number of hydrogen-bond donors (Lipinski definition) is 0. The second-order valence-corrected chi connectivity index (χ2v) is 10.4. The van der Waals surface area contributed by atoms with Crippen LogP contribution in [0.5, 0.6) is 0 Å². The summed E-state index contributed by atoms with van der Waals surface area (Å²) in [5.41, 5.74) is 1.73. The van der Waals surface area contributed by atoms with E-state index >= 15 is 0 Å². The lowest BCUT2D eigenvalue weighted by Gasteiger charge is -2.22. The molecule has 118 valence electrons. The largest absolute Gasteiger partial charge is 0.290 e. The molecule has 1 saturated carbocycles. The first kappa shape index (κ1) is 16.5. The van der Waals surface area contributed by atoms with E-state index in [1.54, 1.807) is 12.1 Å². The van der Waals surface area contributed by atoms with Gasteiger partial charge in [0.05, 0.1) is 14.6 Å². The molecule has 0 amide bonds. The van der Waals surface area contributed by atoms with Crippen molar-refractivity contribution in [3.63, 3.8) is 0 Å².